The number of nitrogens with zero attached hydrogens (tertiary/aromatic N) is 1. The van der Waals surface area contributed by atoms with Gasteiger partial charge in [0.25, 0.3) is 0 Å². The molecule has 1 atom stereocenters. The lowest BCUT2D eigenvalue weighted by Gasteiger charge is -2.09. The molecule has 1 heterocycles. The zero-order chi connectivity index (χ0) is 8.97. The predicted molar refractivity (Wildman–Crippen MR) is 49.5 cm³/mol. The van der Waals surface area contributed by atoms with E-state index in [-0.39, 0.29) is 0 Å². The molecule has 1 unspecified atom stereocenters. The number of pyridine rings is 1. The number of aliphatic hydroxyl groups excluding tert-OH is 1. The van der Waals surface area contributed by atoms with Crippen molar-refractivity contribution in [1.82, 2.24) is 4.98 Å². The van der Waals surface area contributed by atoms with Crippen LogP contribution in [0, 0.1) is 0 Å². The minimum absolute atomic E-state index is 0.459. The lowest BCUT2D eigenvalue weighted by molar-refractivity contribution is 0.195. The molecule has 0 aliphatic rings. The largest absolute Gasteiger partial charge is 0.495 e. The fraction of sp³-hybridized carbons (Fsp3) is 0.375. The molecule has 0 aliphatic heterocycles. The molecule has 1 aromatic heterocycles. The number of halogens is 1. The molecule has 0 aliphatic carbocycles. The van der Waals surface area contributed by atoms with Gasteiger partial charge < -0.3 is 9.84 Å². The molecular weight excluding hydrogens is 222 g/mol. The Morgan fingerprint density at radius 2 is 2.50 bits per heavy atom. The van der Waals surface area contributed by atoms with Crippen molar-refractivity contribution in [2.75, 3.05) is 12.4 Å². The predicted octanol–water partition coefficient (Wildman–Crippen LogP) is 1.52. The Kier molecular flexibility index (Phi) is 3.49. The van der Waals surface area contributed by atoms with Crippen LogP contribution in [0.5, 0.6) is 5.75 Å². The summed E-state index contributed by atoms with van der Waals surface area (Å²) >= 11 is 3.17. The topological polar surface area (TPSA) is 42.4 Å². The second-order valence-corrected chi connectivity index (χ2v) is 2.91. The van der Waals surface area contributed by atoms with Crippen molar-refractivity contribution in [3.05, 3.63) is 24.0 Å². The molecule has 66 valence electrons. The number of aliphatic hydroxyl groups is 1. The standard InChI is InChI=1S/C8H10BrNO2/c1-12-7-3-2-4-10-8(7)6(11)5-9/h2-4,6,11H,5H2,1H3. The first-order valence-corrected chi connectivity index (χ1v) is 4.64. The van der Waals surface area contributed by atoms with E-state index in [1.807, 2.05) is 0 Å². The van der Waals surface area contributed by atoms with E-state index in [1.54, 1.807) is 25.4 Å². The van der Waals surface area contributed by atoms with Gasteiger partial charge in [-0.15, -0.1) is 0 Å². The summed E-state index contributed by atoms with van der Waals surface area (Å²) in [5.74, 6) is 0.615. The van der Waals surface area contributed by atoms with E-state index in [4.69, 9.17) is 4.74 Å². The van der Waals surface area contributed by atoms with Crippen LogP contribution in [0.25, 0.3) is 0 Å². The summed E-state index contributed by atoms with van der Waals surface area (Å²) in [7, 11) is 1.56. The maximum absolute atomic E-state index is 9.45. The van der Waals surface area contributed by atoms with E-state index in [0.29, 0.717) is 16.8 Å². The summed E-state index contributed by atoms with van der Waals surface area (Å²) in [6.45, 7) is 0. The Balaban J connectivity index is 2.96. The zero-order valence-electron chi connectivity index (χ0n) is 6.70. The van der Waals surface area contributed by atoms with Gasteiger partial charge in [-0.25, -0.2) is 0 Å². The molecule has 0 spiro atoms. The second kappa shape index (κ2) is 4.42. The highest BCUT2D eigenvalue weighted by atomic mass is 79.9. The number of alkyl halides is 1. The molecule has 0 saturated carbocycles. The van der Waals surface area contributed by atoms with Gasteiger partial charge in [0.15, 0.2) is 0 Å². The van der Waals surface area contributed by atoms with Crippen LogP contribution in [0.1, 0.15) is 11.8 Å². The lowest BCUT2D eigenvalue weighted by atomic mass is 10.2. The molecule has 0 radical (unpaired) electrons. The fourth-order valence-electron chi connectivity index (χ4n) is 0.899. The Morgan fingerprint density at radius 1 is 1.75 bits per heavy atom. The molecule has 1 rings (SSSR count). The first-order chi connectivity index (χ1) is 5.79. The highest BCUT2D eigenvalue weighted by Gasteiger charge is 2.11. The average molecular weight is 232 g/mol. The van der Waals surface area contributed by atoms with Gasteiger partial charge >= 0.3 is 0 Å². The Morgan fingerprint density at radius 3 is 3.08 bits per heavy atom. The highest BCUT2D eigenvalue weighted by molar-refractivity contribution is 9.09. The number of hydrogen-bond donors (Lipinski definition) is 1. The van der Waals surface area contributed by atoms with Gasteiger partial charge in [0.05, 0.1) is 7.11 Å². The molecule has 3 nitrogen and oxygen atoms in total. The van der Waals surface area contributed by atoms with Gasteiger partial charge in [0.1, 0.15) is 17.5 Å². The summed E-state index contributed by atoms with van der Waals surface area (Å²) in [5, 5.41) is 9.91. The Labute approximate surface area is 79.5 Å². The van der Waals surface area contributed by atoms with Crippen LogP contribution in [0.3, 0.4) is 0 Å². The van der Waals surface area contributed by atoms with Crippen molar-refractivity contribution >= 4 is 15.9 Å². The van der Waals surface area contributed by atoms with E-state index < -0.39 is 6.10 Å². The van der Waals surface area contributed by atoms with Crippen molar-refractivity contribution in [3.63, 3.8) is 0 Å². The van der Waals surface area contributed by atoms with E-state index in [2.05, 4.69) is 20.9 Å². The molecule has 12 heavy (non-hydrogen) atoms. The first kappa shape index (κ1) is 9.48. The third-order valence-corrected chi connectivity index (χ3v) is 2.09. The molecule has 0 amide bonds. The average Bonchev–Trinajstić information content (AvgIpc) is 2.16. The third kappa shape index (κ3) is 1.95. The van der Waals surface area contributed by atoms with Crippen molar-refractivity contribution < 1.29 is 9.84 Å². The fourth-order valence-corrected chi connectivity index (χ4v) is 1.21. The number of methoxy groups -OCH3 is 1. The van der Waals surface area contributed by atoms with Crippen molar-refractivity contribution in [3.8, 4) is 5.75 Å². The maximum Gasteiger partial charge on any atom is 0.143 e. The van der Waals surface area contributed by atoms with Gasteiger partial charge in [-0.1, -0.05) is 15.9 Å². The van der Waals surface area contributed by atoms with E-state index in [1.165, 1.54) is 0 Å². The summed E-state index contributed by atoms with van der Waals surface area (Å²) in [6, 6.07) is 3.54. The van der Waals surface area contributed by atoms with Crippen molar-refractivity contribution in [2.45, 2.75) is 6.10 Å². The number of hydrogen-bond acceptors (Lipinski definition) is 3. The summed E-state index contributed by atoms with van der Waals surface area (Å²) < 4.78 is 5.02. The van der Waals surface area contributed by atoms with Gasteiger partial charge in [-0.05, 0) is 12.1 Å². The van der Waals surface area contributed by atoms with Crippen LogP contribution in [0.2, 0.25) is 0 Å². The van der Waals surface area contributed by atoms with Gasteiger partial charge in [-0.3, -0.25) is 4.98 Å². The molecule has 1 aromatic rings. The van der Waals surface area contributed by atoms with Crippen molar-refractivity contribution in [2.24, 2.45) is 0 Å². The molecule has 0 bridgehead atoms. The van der Waals surface area contributed by atoms with Gasteiger partial charge in [0, 0.05) is 11.5 Å². The zero-order valence-corrected chi connectivity index (χ0v) is 8.28. The first-order valence-electron chi connectivity index (χ1n) is 3.52. The Hall–Kier alpha value is -0.610. The highest BCUT2D eigenvalue weighted by Crippen LogP contribution is 2.22. The summed E-state index contributed by atoms with van der Waals surface area (Å²) in [5.41, 5.74) is 0.567. The van der Waals surface area contributed by atoms with E-state index >= 15 is 0 Å². The second-order valence-electron chi connectivity index (χ2n) is 2.26. The minimum atomic E-state index is -0.610. The smallest absolute Gasteiger partial charge is 0.143 e. The SMILES string of the molecule is COc1cccnc1C(O)CBr. The molecule has 4 heteroatoms. The van der Waals surface area contributed by atoms with E-state index in [0.717, 1.165) is 0 Å². The van der Waals surface area contributed by atoms with Crippen LogP contribution in [-0.2, 0) is 0 Å². The van der Waals surface area contributed by atoms with E-state index in [9.17, 15) is 5.11 Å². The monoisotopic (exact) mass is 231 g/mol. The molecule has 1 N–H and O–H groups in total. The number of ether oxygens (including phenoxy) is 1. The quantitative estimate of drug-likeness (QED) is 0.803. The maximum atomic E-state index is 9.45. The number of rotatable bonds is 3. The summed E-state index contributed by atoms with van der Waals surface area (Å²) in [6.07, 6.45) is 1.02. The van der Waals surface area contributed by atoms with Crippen LogP contribution in [-0.4, -0.2) is 22.5 Å². The van der Waals surface area contributed by atoms with Crippen LogP contribution < -0.4 is 4.74 Å². The Bertz CT molecular complexity index is 255. The molecule has 0 aromatic carbocycles. The lowest BCUT2D eigenvalue weighted by Crippen LogP contribution is -2.03. The van der Waals surface area contributed by atoms with Crippen molar-refractivity contribution in [1.29, 1.82) is 0 Å². The normalized spacial score (nSPS) is 12.6. The van der Waals surface area contributed by atoms with Gasteiger partial charge in [-0.2, -0.15) is 0 Å². The van der Waals surface area contributed by atoms with Crippen LogP contribution in [0.4, 0.5) is 0 Å². The van der Waals surface area contributed by atoms with Crippen LogP contribution in [0.15, 0.2) is 18.3 Å². The summed E-state index contributed by atoms with van der Waals surface area (Å²) in [4.78, 5) is 4.02. The minimum Gasteiger partial charge on any atom is -0.495 e. The molecular formula is C8H10BrNO2. The number of aromatic nitrogens is 1. The molecule has 0 saturated heterocycles. The molecule has 0 fully saturated rings. The third-order valence-electron chi connectivity index (χ3n) is 1.48. The van der Waals surface area contributed by atoms with Gasteiger partial charge in [0.2, 0.25) is 0 Å². The van der Waals surface area contributed by atoms with Crippen LogP contribution >= 0.6 is 15.9 Å².